The second-order valence-corrected chi connectivity index (χ2v) is 6.41. The van der Waals surface area contributed by atoms with Gasteiger partial charge in [0.1, 0.15) is 0 Å². The Morgan fingerprint density at radius 1 is 1.25 bits per heavy atom. The van der Waals surface area contributed by atoms with Gasteiger partial charge in [-0.25, -0.2) is 9.79 Å². The Morgan fingerprint density at radius 2 is 1.89 bits per heavy atom. The van der Waals surface area contributed by atoms with Crippen LogP contribution in [0.15, 0.2) is 34.8 Å². The molecule has 0 amide bonds. The highest BCUT2D eigenvalue weighted by atomic mass is 16.6. The highest BCUT2D eigenvalue weighted by Crippen LogP contribution is 2.37. The first kappa shape index (κ1) is 19.9. The van der Waals surface area contributed by atoms with E-state index in [0.29, 0.717) is 22.8 Å². The van der Waals surface area contributed by atoms with Gasteiger partial charge in [-0.3, -0.25) is 10.1 Å². The summed E-state index contributed by atoms with van der Waals surface area (Å²) in [6.07, 6.45) is 7.58. The van der Waals surface area contributed by atoms with Crippen molar-refractivity contribution in [3.8, 4) is 0 Å². The maximum absolute atomic E-state index is 12.8. The molecule has 1 atom stereocenters. The van der Waals surface area contributed by atoms with Crippen molar-refractivity contribution in [2.24, 2.45) is 4.99 Å². The zero-order valence-corrected chi connectivity index (χ0v) is 15.9. The van der Waals surface area contributed by atoms with Crippen LogP contribution < -0.4 is 5.32 Å². The number of rotatable bonds is 5. The van der Waals surface area contributed by atoms with Gasteiger partial charge in [-0.05, 0) is 50.3 Å². The van der Waals surface area contributed by atoms with Gasteiger partial charge in [0.2, 0.25) is 0 Å². The molecule has 0 spiro atoms. The second kappa shape index (κ2) is 8.41. The summed E-state index contributed by atoms with van der Waals surface area (Å²) in [4.78, 5) is 29.8. The third-order valence-corrected chi connectivity index (χ3v) is 4.32. The van der Waals surface area contributed by atoms with Crippen LogP contribution in [-0.2, 0) is 9.53 Å². The number of carbonyl (C=O) groups excluding carboxylic acids is 1. The SMILES string of the molecule is CCOC(=O)C1=C(c2ccc([N+](=O)[O-])cc2)NC(N(C)C)=NC1[C]1[CH][CH][CH][CH]1. The molecule has 5 radical (unpaired) electrons. The van der Waals surface area contributed by atoms with Gasteiger partial charge in [-0.1, -0.05) is 0 Å². The number of nitro benzene ring substituents is 1. The number of esters is 1. The van der Waals surface area contributed by atoms with Crippen LogP contribution in [0.1, 0.15) is 12.5 Å². The van der Waals surface area contributed by atoms with Gasteiger partial charge in [0.15, 0.2) is 5.96 Å². The summed E-state index contributed by atoms with van der Waals surface area (Å²) < 4.78 is 5.29. The van der Waals surface area contributed by atoms with Crippen molar-refractivity contribution in [1.82, 2.24) is 10.2 Å². The first-order valence-electron chi connectivity index (χ1n) is 8.82. The van der Waals surface area contributed by atoms with Crippen LogP contribution in [0.3, 0.4) is 0 Å². The number of nitro groups is 1. The van der Waals surface area contributed by atoms with Crippen molar-refractivity contribution < 1.29 is 14.5 Å². The van der Waals surface area contributed by atoms with E-state index in [-0.39, 0.29) is 12.3 Å². The highest BCUT2D eigenvalue weighted by Gasteiger charge is 2.38. The Balaban J connectivity index is 2.11. The molecular weight excluding hydrogens is 360 g/mol. The van der Waals surface area contributed by atoms with Crippen molar-refractivity contribution in [3.63, 3.8) is 0 Å². The molecule has 1 unspecified atom stereocenters. The van der Waals surface area contributed by atoms with Crippen LogP contribution in [0.4, 0.5) is 5.69 Å². The largest absolute Gasteiger partial charge is 0.463 e. The molecule has 28 heavy (non-hydrogen) atoms. The van der Waals surface area contributed by atoms with Crippen molar-refractivity contribution in [2.75, 3.05) is 20.7 Å². The van der Waals surface area contributed by atoms with Gasteiger partial charge in [0.25, 0.3) is 5.69 Å². The molecule has 1 aliphatic carbocycles. The Labute approximate surface area is 164 Å². The maximum Gasteiger partial charge on any atom is 0.338 e. The minimum absolute atomic E-state index is 0.0214. The minimum Gasteiger partial charge on any atom is -0.463 e. The fourth-order valence-electron chi connectivity index (χ4n) is 2.97. The smallest absolute Gasteiger partial charge is 0.338 e. The molecule has 8 nitrogen and oxygen atoms in total. The number of benzene rings is 1. The molecule has 1 fully saturated rings. The van der Waals surface area contributed by atoms with E-state index < -0.39 is 16.9 Å². The summed E-state index contributed by atoms with van der Waals surface area (Å²) in [7, 11) is 3.69. The number of ether oxygens (including phenoxy) is 1. The molecule has 1 heterocycles. The minimum atomic E-state index is -0.544. The molecule has 2 aliphatic rings. The van der Waals surface area contributed by atoms with Crippen LogP contribution >= 0.6 is 0 Å². The average Bonchev–Trinajstić information content (AvgIpc) is 3.21. The van der Waals surface area contributed by atoms with Crippen molar-refractivity contribution in [2.45, 2.75) is 13.0 Å². The molecule has 8 heteroatoms. The topological polar surface area (TPSA) is 97.1 Å². The lowest BCUT2D eigenvalue weighted by molar-refractivity contribution is -0.384. The lowest BCUT2D eigenvalue weighted by atomic mass is 9.88. The number of hydrogen-bond acceptors (Lipinski definition) is 7. The number of nitrogens with one attached hydrogen (secondary N) is 1. The van der Waals surface area contributed by atoms with Gasteiger partial charge >= 0.3 is 5.97 Å². The van der Waals surface area contributed by atoms with Gasteiger partial charge in [0.05, 0.1) is 28.8 Å². The summed E-state index contributed by atoms with van der Waals surface area (Å²) >= 11 is 0. The number of hydrogen-bond donors (Lipinski definition) is 1. The molecule has 0 bridgehead atoms. The van der Waals surface area contributed by atoms with Gasteiger partial charge < -0.3 is 15.0 Å². The molecule has 145 valence electrons. The zero-order chi connectivity index (χ0) is 20.3. The predicted molar refractivity (Wildman–Crippen MR) is 105 cm³/mol. The van der Waals surface area contributed by atoms with Crippen molar-refractivity contribution >= 4 is 23.3 Å². The van der Waals surface area contributed by atoms with E-state index in [2.05, 4.69) is 5.32 Å². The monoisotopic (exact) mass is 381 g/mol. The molecule has 0 saturated heterocycles. The maximum atomic E-state index is 12.8. The molecule has 1 aromatic carbocycles. The molecule has 1 saturated carbocycles. The number of non-ortho nitro benzene ring substituents is 1. The lowest BCUT2D eigenvalue weighted by Gasteiger charge is -2.32. The van der Waals surface area contributed by atoms with Gasteiger partial charge in [-0.15, -0.1) is 0 Å². The third-order valence-electron chi connectivity index (χ3n) is 4.32. The van der Waals surface area contributed by atoms with Crippen molar-refractivity contribution in [1.29, 1.82) is 0 Å². The lowest BCUT2D eigenvalue weighted by Crippen LogP contribution is -2.43. The molecule has 1 aliphatic heterocycles. The van der Waals surface area contributed by atoms with Crippen LogP contribution in [0.5, 0.6) is 0 Å². The molecule has 0 aromatic heterocycles. The Morgan fingerprint density at radius 3 is 2.43 bits per heavy atom. The quantitative estimate of drug-likeness (QED) is 0.477. The summed E-state index contributed by atoms with van der Waals surface area (Å²) in [5.74, 6) is 0.965. The first-order chi connectivity index (χ1) is 13.4. The number of nitrogens with zero attached hydrogens (tertiary/aromatic N) is 3. The fraction of sp³-hybridized carbons (Fsp3) is 0.250. The fourth-order valence-corrected chi connectivity index (χ4v) is 2.97. The second-order valence-electron chi connectivity index (χ2n) is 6.41. The van der Waals surface area contributed by atoms with E-state index in [0.717, 1.165) is 5.92 Å². The number of aliphatic imine (C=N–C) groups is 1. The molecular formula is C20H21N4O4. The van der Waals surface area contributed by atoms with E-state index in [4.69, 9.17) is 9.73 Å². The molecule has 1 aromatic rings. The van der Waals surface area contributed by atoms with Gasteiger partial charge in [-0.2, -0.15) is 0 Å². The Kier molecular flexibility index (Phi) is 5.96. The number of carbonyl (C=O) groups is 1. The van der Waals surface area contributed by atoms with Crippen LogP contribution in [0, 0.1) is 41.7 Å². The first-order valence-corrected chi connectivity index (χ1v) is 8.82. The van der Waals surface area contributed by atoms with Crippen LogP contribution in [0.25, 0.3) is 5.70 Å². The standard InChI is InChI=1S/C20H21N4O4/c1-4-28-19(25)16-17(13-7-5-6-8-13)21-20(23(2)3)22-18(16)14-9-11-15(12-10-14)24(26)27/h5-12,17H,4H2,1-3H3,(H,21,22). The normalized spacial score (nSPS) is 19.8. The Hall–Kier alpha value is -2.90. The van der Waals surface area contributed by atoms with E-state index in [1.165, 1.54) is 12.1 Å². The summed E-state index contributed by atoms with van der Waals surface area (Å²) in [5, 5.41) is 14.2. The summed E-state index contributed by atoms with van der Waals surface area (Å²) in [6, 6.07) is 5.50. The number of guanidine groups is 1. The zero-order valence-electron chi connectivity index (χ0n) is 15.9. The summed E-state index contributed by atoms with van der Waals surface area (Å²) in [5.41, 5.74) is 1.51. The predicted octanol–water partition coefficient (Wildman–Crippen LogP) is 2.16. The Bertz CT molecular complexity index is 808. The third kappa shape index (κ3) is 4.00. The van der Waals surface area contributed by atoms with E-state index in [1.54, 1.807) is 19.1 Å². The average molecular weight is 381 g/mol. The van der Waals surface area contributed by atoms with Crippen LogP contribution in [0.2, 0.25) is 0 Å². The van der Waals surface area contributed by atoms with E-state index >= 15 is 0 Å². The molecule has 1 N–H and O–H groups in total. The molecule has 3 rings (SSSR count). The van der Waals surface area contributed by atoms with Gasteiger partial charge in [0, 0.05) is 32.1 Å². The highest BCUT2D eigenvalue weighted by molar-refractivity contribution is 6.05. The van der Waals surface area contributed by atoms with E-state index in [9.17, 15) is 14.9 Å². The van der Waals surface area contributed by atoms with E-state index in [1.807, 2.05) is 44.7 Å². The van der Waals surface area contributed by atoms with Crippen molar-refractivity contribution in [3.05, 3.63) is 77.1 Å². The summed E-state index contributed by atoms with van der Waals surface area (Å²) in [6.45, 7) is 1.97. The van der Waals surface area contributed by atoms with Crippen LogP contribution in [-0.4, -0.2) is 48.5 Å².